The highest BCUT2D eigenvalue weighted by atomic mass is 16.1. The number of carbonyl (C=O) groups excluding carboxylic acids is 1. The van der Waals surface area contributed by atoms with E-state index in [9.17, 15) is 4.79 Å². The summed E-state index contributed by atoms with van der Waals surface area (Å²) >= 11 is 0. The summed E-state index contributed by atoms with van der Waals surface area (Å²) in [5, 5.41) is 5.05. The number of hydrogen-bond donors (Lipinski definition) is 0. The molecule has 3 aromatic rings. The molecular formula is C15H13N3O. The lowest BCUT2D eigenvalue weighted by Gasteiger charge is -2.04. The minimum Gasteiger partial charge on any atom is -0.294 e. The molecule has 94 valence electrons. The number of pyridine rings is 1. The van der Waals surface area contributed by atoms with Crippen molar-refractivity contribution in [2.45, 2.75) is 6.42 Å². The summed E-state index contributed by atoms with van der Waals surface area (Å²) in [5.74, 6) is 0.0736. The lowest BCUT2D eigenvalue weighted by molar-refractivity contribution is 0.0993. The van der Waals surface area contributed by atoms with Gasteiger partial charge >= 0.3 is 0 Å². The molecule has 0 spiro atoms. The molecule has 0 amide bonds. The van der Waals surface area contributed by atoms with E-state index in [1.807, 2.05) is 30.3 Å². The summed E-state index contributed by atoms with van der Waals surface area (Å²) in [6, 6.07) is 9.75. The number of Topliss-reactive ketones (excluding diaryl/α,β-unsaturated/α-hetero) is 1. The molecular weight excluding hydrogens is 238 g/mol. The standard InChI is InChI=1S/C15H13N3O/c1-18-10-12(9-17-18)15(19)8-11-6-7-16-14-5-3-2-4-13(11)14/h2-7,9-10H,8H2,1H3. The first-order chi connectivity index (χ1) is 9.24. The Morgan fingerprint density at radius 2 is 2.11 bits per heavy atom. The smallest absolute Gasteiger partial charge is 0.170 e. The van der Waals surface area contributed by atoms with Gasteiger partial charge in [0.2, 0.25) is 0 Å². The zero-order valence-corrected chi connectivity index (χ0v) is 10.6. The third-order valence-electron chi connectivity index (χ3n) is 3.12. The molecule has 3 rings (SSSR count). The first-order valence-corrected chi connectivity index (χ1v) is 6.08. The fourth-order valence-corrected chi connectivity index (χ4v) is 2.15. The van der Waals surface area contributed by atoms with Crippen LogP contribution in [0.1, 0.15) is 15.9 Å². The monoisotopic (exact) mass is 251 g/mol. The molecule has 0 bridgehead atoms. The lowest BCUT2D eigenvalue weighted by atomic mass is 10.0. The van der Waals surface area contributed by atoms with Gasteiger partial charge in [0.25, 0.3) is 0 Å². The molecule has 4 heteroatoms. The predicted molar refractivity (Wildman–Crippen MR) is 73.0 cm³/mol. The number of para-hydroxylation sites is 1. The first kappa shape index (κ1) is 11.6. The fraction of sp³-hybridized carbons (Fsp3) is 0.133. The van der Waals surface area contributed by atoms with Crippen LogP contribution in [0, 0.1) is 0 Å². The Balaban J connectivity index is 1.95. The maximum absolute atomic E-state index is 12.2. The summed E-state index contributed by atoms with van der Waals surface area (Å²) in [5.41, 5.74) is 2.56. The van der Waals surface area contributed by atoms with Crippen molar-refractivity contribution in [3.05, 3.63) is 60.0 Å². The van der Waals surface area contributed by atoms with E-state index in [1.54, 1.807) is 30.3 Å². The average molecular weight is 251 g/mol. The highest BCUT2D eigenvalue weighted by Gasteiger charge is 2.11. The number of aryl methyl sites for hydroxylation is 1. The van der Waals surface area contributed by atoms with Gasteiger partial charge in [-0.1, -0.05) is 18.2 Å². The molecule has 0 unspecified atom stereocenters. The molecule has 2 aromatic heterocycles. The molecule has 19 heavy (non-hydrogen) atoms. The van der Waals surface area contributed by atoms with E-state index in [2.05, 4.69) is 10.1 Å². The van der Waals surface area contributed by atoms with Crippen molar-refractivity contribution in [2.75, 3.05) is 0 Å². The normalized spacial score (nSPS) is 10.8. The number of rotatable bonds is 3. The van der Waals surface area contributed by atoms with E-state index in [0.717, 1.165) is 16.5 Å². The predicted octanol–water partition coefficient (Wildman–Crippen LogP) is 2.39. The van der Waals surface area contributed by atoms with E-state index in [1.165, 1.54) is 0 Å². The molecule has 0 radical (unpaired) electrons. The van der Waals surface area contributed by atoms with Crippen LogP contribution < -0.4 is 0 Å². The minimum atomic E-state index is 0.0736. The lowest BCUT2D eigenvalue weighted by Crippen LogP contribution is -2.03. The van der Waals surface area contributed by atoms with E-state index < -0.39 is 0 Å². The summed E-state index contributed by atoms with van der Waals surface area (Å²) in [7, 11) is 1.80. The summed E-state index contributed by atoms with van der Waals surface area (Å²) in [6.07, 6.45) is 5.46. The highest BCUT2D eigenvalue weighted by Crippen LogP contribution is 2.18. The molecule has 2 heterocycles. The van der Waals surface area contributed by atoms with Crippen LogP contribution in [0.15, 0.2) is 48.9 Å². The molecule has 0 saturated carbocycles. The van der Waals surface area contributed by atoms with E-state index in [4.69, 9.17) is 0 Å². The number of nitrogens with zero attached hydrogens (tertiary/aromatic N) is 3. The SMILES string of the molecule is Cn1cc(C(=O)Cc2ccnc3ccccc23)cn1. The van der Waals surface area contributed by atoms with Gasteiger partial charge in [-0.2, -0.15) is 5.10 Å². The van der Waals surface area contributed by atoms with Crippen LogP contribution in [0.5, 0.6) is 0 Å². The van der Waals surface area contributed by atoms with Crippen molar-refractivity contribution in [1.82, 2.24) is 14.8 Å². The number of carbonyl (C=O) groups is 1. The van der Waals surface area contributed by atoms with Gasteiger partial charge in [-0.3, -0.25) is 14.5 Å². The van der Waals surface area contributed by atoms with E-state index in [-0.39, 0.29) is 5.78 Å². The summed E-state index contributed by atoms with van der Waals surface area (Å²) < 4.78 is 1.64. The second-order valence-electron chi connectivity index (χ2n) is 4.49. The maximum Gasteiger partial charge on any atom is 0.170 e. The van der Waals surface area contributed by atoms with Gasteiger partial charge in [0.1, 0.15) is 0 Å². The van der Waals surface area contributed by atoms with E-state index >= 15 is 0 Å². The molecule has 0 atom stereocenters. The third-order valence-corrected chi connectivity index (χ3v) is 3.12. The van der Waals surface area contributed by atoms with Crippen molar-refractivity contribution in [2.24, 2.45) is 7.05 Å². The molecule has 0 aliphatic carbocycles. The number of fused-ring (bicyclic) bond motifs is 1. The summed E-state index contributed by atoms with van der Waals surface area (Å²) in [4.78, 5) is 16.5. The molecule has 0 saturated heterocycles. The molecule has 0 fully saturated rings. The third kappa shape index (κ3) is 2.25. The first-order valence-electron chi connectivity index (χ1n) is 6.08. The van der Waals surface area contributed by atoms with Gasteiger partial charge < -0.3 is 0 Å². The van der Waals surface area contributed by atoms with Crippen LogP contribution in [0.3, 0.4) is 0 Å². The van der Waals surface area contributed by atoms with Crippen LogP contribution in [-0.4, -0.2) is 20.5 Å². The van der Waals surface area contributed by atoms with Crippen LogP contribution in [-0.2, 0) is 13.5 Å². The van der Waals surface area contributed by atoms with Gasteiger partial charge in [0, 0.05) is 31.2 Å². The highest BCUT2D eigenvalue weighted by molar-refractivity contribution is 5.99. The summed E-state index contributed by atoms with van der Waals surface area (Å²) in [6.45, 7) is 0. The topological polar surface area (TPSA) is 47.8 Å². The maximum atomic E-state index is 12.2. The second-order valence-corrected chi connectivity index (χ2v) is 4.49. The Kier molecular flexibility index (Phi) is 2.83. The van der Waals surface area contributed by atoms with Crippen LogP contribution >= 0.6 is 0 Å². The fourth-order valence-electron chi connectivity index (χ4n) is 2.15. The number of ketones is 1. The van der Waals surface area contributed by atoms with Crippen molar-refractivity contribution in [1.29, 1.82) is 0 Å². The Hall–Kier alpha value is -2.49. The Bertz CT molecular complexity index is 740. The Morgan fingerprint density at radius 1 is 1.26 bits per heavy atom. The zero-order chi connectivity index (χ0) is 13.2. The number of hydrogen-bond acceptors (Lipinski definition) is 3. The zero-order valence-electron chi connectivity index (χ0n) is 10.6. The number of aromatic nitrogens is 3. The minimum absolute atomic E-state index is 0.0736. The Labute approximate surface area is 110 Å². The van der Waals surface area contributed by atoms with Crippen LogP contribution in [0.4, 0.5) is 0 Å². The van der Waals surface area contributed by atoms with Crippen LogP contribution in [0.25, 0.3) is 10.9 Å². The van der Waals surface area contributed by atoms with Crippen molar-refractivity contribution in [3.63, 3.8) is 0 Å². The molecule has 4 nitrogen and oxygen atoms in total. The largest absolute Gasteiger partial charge is 0.294 e. The van der Waals surface area contributed by atoms with Crippen LogP contribution in [0.2, 0.25) is 0 Å². The van der Waals surface area contributed by atoms with Gasteiger partial charge in [-0.15, -0.1) is 0 Å². The molecule has 1 aromatic carbocycles. The van der Waals surface area contributed by atoms with Gasteiger partial charge in [0.15, 0.2) is 5.78 Å². The molecule has 0 aliphatic heterocycles. The van der Waals surface area contributed by atoms with Gasteiger partial charge in [0.05, 0.1) is 17.3 Å². The Morgan fingerprint density at radius 3 is 2.89 bits per heavy atom. The molecule has 0 N–H and O–H groups in total. The van der Waals surface area contributed by atoms with Gasteiger partial charge in [-0.05, 0) is 17.7 Å². The second kappa shape index (κ2) is 4.65. The van der Waals surface area contributed by atoms with Crippen molar-refractivity contribution >= 4 is 16.7 Å². The molecule has 0 aliphatic rings. The quantitative estimate of drug-likeness (QED) is 0.671. The average Bonchev–Trinajstić information content (AvgIpc) is 2.86. The number of benzene rings is 1. The van der Waals surface area contributed by atoms with Crippen molar-refractivity contribution < 1.29 is 4.79 Å². The van der Waals surface area contributed by atoms with Gasteiger partial charge in [-0.25, -0.2) is 0 Å². The van der Waals surface area contributed by atoms with Crippen molar-refractivity contribution in [3.8, 4) is 0 Å². The van der Waals surface area contributed by atoms with E-state index in [0.29, 0.717) is 12.0 Å².